The zero-order valence-electron chi connectivity index (χ0n) is 14.7. The summed E-state index contributed by atoms with van der Waals surface area (Å²) in [6.45, 7) is 5.75. The number of halogens is 3. The van der Waals surface area contributed by atoms with Crippen LogP contribution in [0.25, 0.3) is 0 Å². The lowest BCUT2D eigenvalue weighted by Gasteiger charge is -2.36. The van der Waals surface area contributed by atoms with Gasteiger partial charge in [0, 0.05) is 45.8 Å². The summed E-state index contributed by atoms with van der Waals surface area (Å²) in [5.74, 6) is 0.101. The SMILES string of the molecule is O=C(CN1CCN(Cc2ccccc2C(F)(F)F)CC1)N1CCOCC1. The van der Waals surface area contributed by atoms with Crippen LogP contribution < -0.4 is 0 Å². The van der Waals surface area contributed by atoms with Crippen molar-refractivity contribution in [2.24, 2.45) is 0 Å². The van der Waals surface area contributed by atoms with Gasteiger partial charge in [-0.3, -0.25) is 14.6 Å². The summed E-state index contributed by atoms with van der Waals surface area (Å²) in [6.07, 6.45) is -4.33. The van der Waals surface area contributed by atoms with Crippen LogP contribution in [-0.2, 0) is 22.3 Å². The zero-order valence-corrected chi connectivity index (χ0v) is 14.7. The highest BCUT2D eigenvalue weighted by Crippen LogP contribution is 2.32. The van der Waals surface area contributed by atoms with Crippen molar-refractivity contribution in [2.75, 3.05) is 59.0 Å². The largest absolute Gasteiger partial charge is 0.416 e. The Morgan fingerprint density at radius 1 is 0.962 bits per heavy atom. The second kappa shape index (κ2) is 8.37. The van der Waals surface area contributed by atoms with Crippen LogP contribution >= 0.6 is 0 Å². The van der Waals surface area contributed by atoms with Crippen LogP contribution in [0.1, 0.15) is 11.1 Å². The van der Waals surface area contributed by atoms with E-state index in [1.54, 1.807) is 6.07 Å². The van der Waals surface area contributed by atoms with E-state index < -0.39 is 11.7 Å². The van der Waals surface area contributed by atoms with Gasteiger partial charge in [0.15, 0.2) is 0 Å². The van der Waals surface area contributed by atoms with Gasteiger partial charge in [-0.1, -0.05) is 18.2 Å². The highest BCUT2D eigenvalue weighted by molar-refractivity contribution is 5.78. The van der Waals surface area contributed by atoms with Crippen LogP contribution in [0.5, 0.6) is 0 Å². The number of carbonyl (C=O) groups is 1. The van der Waals surface area contributed by atoms with E-state index in [1.807, 2.05) is 9.80 Å². The van der Waals surface area contributed by atoms with E-state index in [-0.39, 0.29) is 12.5 Å². The van der Waals surface area contributed by atoms with Gasteiger partial charge in [-0.2, -0.15) is 13.2 Å². The van der Waals surface area contributed by atoms with Crippen LogP contribution in [0.2, 0.25) is 0 Å². The molecule has 8 heteroatoms. The minimum atomic E-state index is -4.33. The molecule has 26 heavy (non-hydrogen) atoms. The van der Waals surface area contributed by atoms with Crippen molar-refractivity contribution in [1.82, 2.24) is 14.7 Å². The van der Waals surface area contributed by atoms with Gasteiger partial charge in [0.1, 0.15) is 0 Å². The normalized spacial score (nSPS) is 20.3. The second-order valence-corrected chi connectivity index (χ2v) is 6.70. The number of nitrogens with zero attached hydrogens (tertiary/aromatic N) is 3. The van der Waals surface area contributed by atoms with Gasteiger partial charge >= 0.3 is 6.18 Å². The monoisotopic (exact) mass is 371 g/mol. The molecule has 0 unspecified atom stereocenters. The van der Waals surface area contributed by atoms with Gasteiger partial charge in [-0.25, -0.2) is 0 Å². The van der Waals surface area contributed by atoms with Gasteiger partial charge in [-0.05, 0) is 11.6 Å². The molecule has 3 rings (SSSR count). The number of carbonyl (C=O) groups excluding carboxylic acids is 1. The lowest BCUT2D eigenvalue weighted by Crippen LogP contribution is -2.51. The number of hydrogen-bond acceptors (Lipinski definition) is 4. The number of ether oxygens (including phenoxy) is 1. The average molecular weight is 371 g/mol. The predicted molar refractivity (Wildman–Crippen MR) is 90.6 cm³/mol. The van der Waals surface area contributed by atoms with Crippen LogP contribution in [0.4, 0.5) is 13.2 Å². The van der Waals surface area contributed by atoms with E-state index in [0.29, 0.717) is 64.6 Å². The Labute approximate surface area is 151 Å². The molecule has 0 spiro atoms. The van der Waals surface area contributed by atoms with E-state index in [4.69, 9.17) is 4.74 Å². The van der Waals surface area contributed by atoms with E-state index in [2.05, 4.69) is 4.90 Å². The van der Waals surface area contributed by atoms with Crippen LogP contribution in [-0.4, -0.2) is 79.6 Å². The molecule has 0 N–H and O–H groups in total. The fourth-order valence-electron chi connectivity index (χ4n) is 3.39. The van der Waals surface area contributed by atoms with Crippen molar-refractivity contribution in [3.8, 4) is 0 Å². The molecule has 1 amide bonds. The van der Waals surface area contributed by atoms with Crippen molar-refractivity contribution >= 4 is 5.91 Å². The molecular weight excluding hydrogens is 347 g/mol. The third-order valence-electron chi connectivity index (χ3n) is 4.90. The Bertz CT molecular complexity index is 610. The summed E-state index contributed by atoms with van der Waals surface area (Å²) in [5.41, 5.74) is -0.261. The summed E-state index contributed by atoms with van der Waals surface area (Å²) in [4.78, 5) is 18.2. The Balaban J connectivity index is 1.49. The molecule has 2 aliphatic heterocycles. The quantitative estimate of drug-likeness (QED) is 0.807. The molecule has 1 aromatic carbocycles. The number of amides is 1. The molecular formula is C18H24F3N3O2. The molecule has 2 heterocycles. The number of alkyl halides is 3. The summed E-state index contributed by atoms with van der Waals surface area (Å²) >= 11 is 0. The minimum absolute atomic E-state index is 0.101. The molecule has 0 aromatic heterocycles. The van der Waals surface area contributed by atoms with E-state index in [0.717, 1.165) is 6.07 Å². The number of piperazine rings is 1. The molecule has 0 bridgehead atoms. The topological polar surface area (TPSA) is 36.0 Å². The van der Waals surface area contributed by atoms with Gasteiger partial charge in [0.05, 0.1) is 25.3 Å². The second-order valence-electron chi connectivity index (χ2n) is 6.70. The van der Waals surface area contributed by atoms with E-state index in [9.17, 15) is 18.0 Å². The smallest absolute Gasteiger partial charge is 0.378 e. The van der Waals surface area contributed by atoms with Gasteiger partial charge in [0.25, 0.3) is 0 Å². The van der Waals surface area contributed by atoms with Crippen LogP contribution in [0.3, 0.4) is 0 Å². The molecule has 2 aliphatic rings. The van der Waals surface area contributed by atoms with E-state index in [1.165, 1.54) is 12.1 Å². The van der Waals surface area contributed by atoms with Gasteiger partial charge in [0.2, 0.25) is 5.91 Å². The first-order valence-corrected chi connectivity index (χ1v) is 8.89. The maximum absolute atomic E-state index is 13.1. The highest BCUT2D eigenvalue weighted by atomic mass is 19.4. The minimum Gasteiger partial charge on any atom is -0.378 e. The number of hydrogen-bond donors (Lipinski definition) is 0. The Kier molecular flexibility index (Phi) is 6.16. The molecule has 1 aromatic rings. The van der Waals surface area contributed by atoms with Crippen molar-refractivity contribution in [3.63, 3.8) is 0 Å². The van der Waals surface area contributed by atoms with Gasteiger partial charge in [-0.15, -0.1) is 0 Å². The van der Waals surface area contributed by atoms with E-state index >= 15 is 0 Å². The molecule has 144 valence electrons. The Hall–Kier alpha value is -1.64. The first-order valence-electron chi connectivity index (χ1n) is 8.89. The zero-order chi connectivity index (χ0) is 18.6. The lowest BCUT2D eigenvalue weighted by atomic mass is 10.1. The fourth-order valence-corrected chi connectivity index (χ4v) is 3.39. The highest BCUT2D eigenvalue weighted by Gasteiger charge is 2.33. The first-order chi connectivity index (χ1) is 12.4. The van der Waals surface area contributed by atoms with Gasteiger partial charge < -0.3 is 9.64 Å². The molecule has 5 nitrogen and oxygen atoms in total. The maximum atomic E-state index is 13.1. The Morgan fingerprint density at radius 3 is 2.23 bits per heavy atom. The Morgan fingerprint density at radius 2 is 1.58 bits per heavy atom. The lowest BCUT2D eigenvalue weighted by molar-refractivity contribution is -0.139. The molecule has 0 aliphatic carbocycles. The summed E-state index contributed by atoms with van der Waals surface area (Å²) in [5, 5.41) is 0. The number of benzene rings is 1. The van der Waals surface area contributed by atoms with Crippen molar-refractivity contribution in [3.05, 3.63) is 35.4 Å². The number of rotatable bonds is 4. The summed E-state index contributed by atoms with van der Waals surface area (Å²) < 4.78 is 44.6. The average Bonchev–Trinajstić information content (AvgIpc) is 2.63. The fraction of sp³-hybridized carbons (Fsp3) is 0.611. The molecule has 0 saturated carbocycles. The first kappa shape index (κ1) is 19.1. The third-order valence-corrected chi connectivity index (χ3v) is 4.90. The van der Waals surface area contributed by atoms with Crippen molar-refractivity contribution < 1.29 is 22.7 Å². The van der Waals surface area contributed by atoms with Crippen molar-refractivity contribution in [2.45, 2.75) is 12.7 Å². The molecule has 0 radical (unpaired) electrons. The van der Waals surface area contributed by atoms with Crippen LogP contribution in [0, 0.1) is 0 Å². The summed E-state index contributed by atoms with van der Waals surface area (Å²) in [6, 6.07) is 5.73. The van der Waals surface area contributed by atoms with Crippen molar-refractivity contribution in [1.29, 1.82) is 0 Å². The molecule has 2 fully saturated rings. The molecule has 2 saturated heterocycles. The number of morpholine rings is 1. The predicted octanol–water partition coefficient (Wildman–Crippen LogP) is 1.68. The molecule has 0 atom stereocenters. The maximum Gasteiger partial charge on any atom is 0.416 e. The standard InChI is InChI=1S/C18H24F3N3O2/c19-18(20,21)16-4-2-1-3-15(16)13-22-5-7-23(8-6-22)14-17(25)24-9-11-26-12-10-24/h1-4H,5-14H2. The van der Waals surface area contributed by atoms with Crippen LogP contribution in [0.15, 0.2) is 24.3 Å². The third kappa shape index (κ3) is 4.96. The summed E-state index contributed by atoms with van der Waals surface area (Å²) in [7, 11) is 0.